The summed E-state index contributed by atoms with van der Waals surface area (Å²) >= 11 is 1.65. The Bertz CT molecular complexity index is 882. The number of hydrogen-bond donors (Lipinski definition) is 0. The topological polar surface area (TPSA) is 38.8 Å². The number of thioether (sulfide) groups is 1. The van der Waals surface area contributed by atoms with E-state index in [2.05, 4.69) is 18.7 Å². The van der Waals surface area contributed by atoms with Gasteiger partial charge < -0.3 is 14.4 Å². The van der Waals surface area contributed by atoms with E-state index in [1.54, 1.807) is 11.8 Å². The van der Waals surface area contributed by atoms with E-state index >= 15 is 0 Å². The molecule has 2 bridgehead atoms. The maximum absolute atomic E-state index is 13.1. The third kappa shape index (κ3) is 4.45. The maximum atomic E-state index is 13.1. The minimum Gasteiger partial charge on any atom is -0.493 e. The fourth-order valence-electron chi connectivity index (χ4n) is 3.88. The first kappa shape index (κ1) is 19.9. The fraction of sp³-hybridized carbons (Fsp3) is 0.375. The molecule has 1 amide bonds. The number of amides is 1. The lowest BCUT2D eigenvalue weighted by Gasteiger charge is -2.18. The highest BCUT2D eigenvalue weighted by atomic mass is 32.2. The molecule has 0 fully saturated rings. The van der Waals surface area contributed by atoms with Gasteiger partial charge in [0.1, 0.15) is 16.8 Å². The molecule has 4 rings (SSSR count). The number of para-hydroxylation sites is 2. The van der Waals surface area contributed by atoms with Crippen molar-refractivity contribution >= 4 is 29.1 Å². The average Bonchev–Trinajstić information content (AvgIpc) is 3.01. The number of carbonyl (C=O) groups is 1. The van der Waals surface area contributed by atoms with Gasteiger partial charge in [0.05, 0.1) is 18.8 Å². The van der Waals surface area contributed by atoms with Gasteiger partial charge in [-0.1, -0.05) is 49.8 Å². The van der Waals surface area contributed by atoms with Crippen LogP contribution >= 0.6 is 11.8 Å². The van der Waals surface area contributed by atoms with Crippen molar-refractivity contribution in [3.63, 3.8) is 0 Å². The van der Waals surface area contributed by atoms with Crippen LogP contribution in [0.1, 0.15) is 42.1 Å². The first-order valence-corrected chi connectivity index (χ1v) is 11.4. The molecule has 2 aliphatic rings. The van der Waals surface area contributed by atoms with Crippen LogP contribution in [0.4, 0.5) is 5.69 Å². The summed E-state index contributed by atoms with van der Waals surface area (Å²) in [4.78, 5) is 15.0. The van der Waals surface area contributed by atoms with Crippen molar-refractivity contribution < 1.29 is 14.3 Å². The Morgan fingerprint density at radius 2 is 1.72 bits per heavy atom. The molecular formula is C24H27NO3S. The van der Waals surface area contributed by atoms with E-state index in [1.165, 1.54) is 0 Å². The molecule has 0 radical (unpaired) electrons. The Labute approximate surface area is 176 Å². The van der Waals surface area contributed by atoms with E-state index in [9.17, 15) is 4.79 Å². The van der Waals surface area contributed by atoms with E-state index in [4.69, 9.17) is 9.47 Å². The van der Waals surface area contributed by atoms with E-state index in [0.29, 0.717) is 19.0 Å². The van der Waals surface area contributed by atoms with Crippen LogP contribution in [-0.2, 0) is 9.53 Å². The number of hydrogen-bond acceptors (Lipinski definition) is 4. The molecule has 5 heteroatoms. The molecule has 152 valence electrons. The number of carbonyl (C=O) groups excluding carboxylic acids is 1. The molecule has 2 aromatic rings. The summed E-state index contributed by atoms with van der Waals surface area (Å²) in [6.07, 6.45) is 4.17. The molecule has 2 aromatic carbocycles. The van der Waals surface area contributed by atoms with E-state index in [-0.39, 0.29) is 11.2 Å². The highest BCUT2D eigenvalue weighted by Crippen LogP contribution is 2.43. The zero-order chi connectivity index (χ0) is 20.1. The van der Waals surface area contributed by atoms with Crippen molar-refractivity contribution in [2.75, 3.05) is 30.4 Å². The Morgan fingerprint density at radius 3 is 2.66 bits per heavy atom. The summed E-state index contributed by atoms with van der Waals surface area (Å²) in [6, 6.07) is 16.1. The third-order valence-corrected chi connectivity index (χ3v) is 6.56. The van der Waals surface area contributed by atoms with Gasteiger partial charge in [0.15, 0.2) is 0 Å². The Kier molecular flexibility index (Phi) is 6.45. The van der Waals surface area contributed by atoms with Crippen molar-refractivity contribution in [3.8, 4) is 5.75 Å². The Balaban J connectivity index is 1.50. The fourth-order valence-corrected chi connectivity index (χ4v) is 4.94. The maximum Gasteiger partial charge on any atom is 0.244 e. The number of rotatable bonds is 0. The van der Waals surface area contributed by atoms with Gasteiger partial charge in [0.25, 0.3) is 0 Å². The van der Waals surface area contributed by atoms with Gasteiger partial charge in [-0.05, 0) is 36.6 Å². The lowest BCUT2D eigenvalue weighted by Crippen LogP contribution is -2.29. The Morgan fingerprint density at radius 1 is 0.931 bits per heavy atom. The molecule has 0 saturated heterocycles. The van der Waals surface area contributed by atoms with Crippen LogP contribution in [0.3, 0.4) is 0 Å². The van der Waals surface area contributed by atoms with Crippen LogP contribution in [-0.4, -0.2) is 31.4 Å². The minimum atomic E-state index is -0.144. The van der Waals surface area contributed by atoms with Gasteiger partial charge in [0.2, 0.25) is 5.91 Å². The first-order chi connectivity index (χ1) is 14.3. The number of ether oxygens (including phenoxy) is 2. The lowest BCUT2D eigenvalue weighted by atomic mass is 10.1. The van der Waals surface area contributed by atoms with Gasteiger partial charge >= 0.3 is 0 Å². The van der Waals surface area contributed by atoms with Crippen LogP contribution < -0.4 is 9.64 Å². The van der Waals surface area contributed by atoms with Crippen molar-refractivity contribution in [3.05, 3.63) is 66.2 Å². The molecule has 1 unspecified atom stereocenters. The van der Waals surface area contributed by atoms with Crippen molar-refractivity contribution in [1.29, 1.82) is 0 Å². The molecule has 2 aliphatic heterocycles. The molecule has 4 nitrogen and oxygen atoms in total. The second kappa shape index (κ2) is 9.40. The van der Waals surface area contributed by atoms with Gasteiger partial charge in [-0.25, -0.2) is 0 Å². The van der Waals surface area contributed by atoms with Crippen LogP contribution in [0.15, 0.2) is 55.1 Å². The lowest BCUT2D eigenvalue weighted by molar-refractivity contribution is -0.117. The van der Waals surface area contributed by atoms with Gasteiger partial charge in [0, 0.05) is 18.0 Å². The van der Waals surface area contributed by atoms with Crippen molar-refractivity contribution in [1.82, 2.24) is 0 Å². The second-order valence-electron chi connectivity index (χ2n) is 7.33. The molecule has 29 heavy (non-hydrogen) atoms. The summed E-state index contributed by atoms with van der Waals surface area (Å²) in [5, 5.41) is -0.144. The average molecular weight is 410 g/mol. The first-order valence-electron chi connectivity index (χ1n) is 10.3. The molecule has 2 heterocycles. The number of fused-ring (bicyclic) bond motifs is 6. The second-order valence-corrected chi connectivity index (χ2v) is 8.54. The van der Waals surface area contributed by atoms with Crippen LogP contribution in [0.2, 0.25) is 0 Å². The zero-order valence-corrected chi connectivity index (χ0v) is 17.5. The Hall–Kier alpha value is -2.40. The molecule has 0 aromatic heterocycles. The van der Waals surface area contributed by atoms with Gasteiger partial charge in [-0.2, -0.15) is 0 Å². The molecule has 0 N–H and O–H groups in total. The van der Waals surface area contributed by atoms with E-state index in [1.807, 2.05) is 41.3 Å². The molecule has 0 aliphatic carbocycles. The van der Waals surface area contributed by atoms with Crippen molar-refractivity contribution in [2.45, 2.75) is 30.9 Å². The molecule has 0 spiro atoms. The summed E-state index contributed by atoms with van der Waals surface area (Å²) in [6.45, 7) is 6.05. The quantitative estimate of drug-likeness (QED) is 0.580. The normalized spacial score (nSPS) is 20.8. The van der Waals surface area contributed by atoms with E-state index < -0.39 is 0 Å². The number of nitrogens with zero attached hydrogens (tertiary/aromatic N) is 1. The molecule has 0 saturated carbocycles. The summed E-state index contributed by atoms with van der Waals surface area (Å²) in [5.74, 6) is 2.36. The van der Waals surface area contributed by atoms with Crippen LogP contribution in [0.5, 0.6) is 5.75 Å². The van der Waals surface area contributed by atoms with Crippen LogP contribution in [0, 0.1) is 0 Å². The third-order valence-electron chi connectivity index (χ3n) is 5.37. The van der Waals surface area contributed by atoms with Crippen LogP contribution in [0.25, 0.3) is 5.76 Å². The zero-order valence-electron chi connectivity index (χ0n) is 16.6. The minimum absolute atomic E-state index is 0.144. The highest BCUT2D eigenvalue weighted by Gasteiger charge is 2.36. The smallest absolute Gasteiger partial charge is 0.244 e. The number of benzene rings is 2. The molecular weight excluding hydrogens is 382 g/mol. The van der Waals surface area contributed by atoms with Gasteiger partial charge in [-0.3, -0.25) is 4.79 Å². The predicted molar refractivity (Wildman–Crippen MR) is 119 cm³/mol. The number of anilines is 1. The largest absolute Gasteiger partial charge is 0.493 e. The van der Waals surface area contributed by atoms with E-state index in [0.717, 1.165) is 60.5 Å². The summed E-state index contributed by atoms with van der Waals surface area (Å²) < 4.78 is 11.9. The molecule has 1 atom stereocenters. The summed E-state index contributed by atoms with van der Waals surface area (Å²) in [5.41, 5.74) is 3.09. The van der Waals surface area contributed by atoms with Gasteiger partial charge in [-0.15, -0.1) is 11.8 Å². The monoisotopic (exact) mass is 409 g/mol. The SMILES string of the molecule is C=C1OCCSC2C(=O)N(CCCCCCOc3ccccc31)c1ccccc12. The summed E-state index contributed by atoms with van der Waals surface area (Å²) in [7, 11) is 0. The highest BCUT2D eigenvalue weighted by molar-refractivity contribution is 8.00. The predicted octanol–water partition coefficient (Wildman–Crippen LogP) is 5.45. The van der Waals surface area contributed by atoms with Crippen molar-refractivity contribution in [2.24, 2.45) is 0 Å². The standard InChI is InChI=1S/C24H27NO3S/c1-18-19-10-5-7-13-22(19)28-15-9-3-2-8-14-25-21-12-6-4-11-20(21)23(24(25)26)29-17-16-27-18/h4-7,10-13,23H,1-3,8-9,14-17H2.